The topological polar surface area (TPSA) is 24.3 Å². The molecule has 8 aromatic carbocycles. The van der Waals surface area contributed by atoms with E-state index in [9.17, 15) is 0 Å². The maximum absolute atomic E-state index is 5.23. The minimum atomic E-state index is 0.841. The summed E-state index contributed by atoms with van der Waals surface area (Å²) in [6, 6.07) is 77.2. The smallest absolute Gasteiger partial charge is 0.162 e. The molecule has 10 rings (SSSR count). The molecule has 0 fully saturated rings. The number of hydrogen-bond donors (Lipinski definition) is 0. The van der Waals surface area contributed by atoms with Crippen LogP contribution in [0.4, 0.5) is 34.3 Å². The van der Waals surface area contributed by atoms with E-state index < -0.39 is 0 Å². The Hall–Kier alpha value is -7.69. The van der Waals surface area contributed by atoms with E-state index in [0.29, 0.717) is 0 Å². The third-order valence-electron chi connectivity index (χ3n) is 10.6. The normalized spacial score (nSPS) is 11.2. The fourth-order valence-corrected chi connectivity index (χ4v) is 7.97. The van der Waals surface area contributed by atoms with Crippen LogP contribution in [0, 0.1) is 0 Å². The van der Waals surface area contributed by atoms with Gasteiger partial charge >= 0.3 is 0 Å². The Morgan fingerprint density at radius 3 is 1.47 bits per heavy atom. The Balaban J connectivity index is 1.17. The molecule has 270 valence electrons. The molecule has 0 saturated heterocycles. The summed E-state index contributed by atoms with van der Waals surface area (Å²) in [4.78, 5) is 9.80. The van der Waals surface area contributed by atoms with Gasteiger partial charge in [0.2, 0.25) is 0 Å². The molecule has 0 unspecified atom stereocenters. The first-order valence-electron chi connectivity index (χ1n) is 19.3. The molecule has 0 N–H and O–H groups in total. The van der Waals surface area contributed by atoms with E-state index in [0.717, 1.165) is 56.4 Å². The number of para-hydroxylation sites is 3. The fourth-order valence-electron chi connectivity index (χ4n) is 7.97. The van der Waals surface area contributed by atoms with Crippen molar-refractivity contribution in [3.63, 3.8) is 0 Å². The van der Waals surface area contributed by atoms with Crippen molar-refractivity contribution in [2.24, 2.45) is 0 Å². The lowest BCUT2D eigenvalue weighted by molar-refractivity contribution is 1.10. The van der Waals surface area contributed by atoms with Crippen molar-refractivity contribution in [1.82, 2.24) is 9.55 Å². The first-order chi connectivity index (χ1) is 28.3. The van der Waals surface area contributed by atoms with Crippen LogP contribution in [0.2, 0.25) is 0 Å². The van der Waals surface area contributed by atoms with E-state index in [1.165, 1.54) is 27.5 Å². The molecule has 57 heavy (non-hydrogen) atoms. The van der Waals surface area contributed by atoms with Gasteiger partial charge in [0.1, 0.15) is 0 Å². The van der Waals surface area contributed by atoms with Crippen LogP contribution in [0.15, 0.2) is 231 Å². The van der Waals surface area contributed by atoms with Crippen molar-refractivity contribution in [2.75, 3.05) is 9.80 Å². The first kappa shape index (κ1) is 33.8. The maximum Gasteiger partial charge on any atom is 0.162 e. The number of benzene rings is 8. The lowest BCUT2D eigenvalue weighted by Crippen LogP contribution is -2.14. The van der Waals surface area contributed by atoms with Crippen LogP contribution in [0.25, 0.3) is 49.6 Å². The van der Waals surface area contributed by atoms with Crippen molar-refractivity contribution in [3.8, 4) is 27.9 Å². The zero-order valence-electron chi connectivity index (χ0n) is 31.2. The van der Waals surface area contributed by atoms with Gasteiger partial charge in [0, 0.05) is 57.5 Å². The summed E-state index contributed by atoms with van der Waals surface area (Å²) in [6.45, 7) is 0. The molecule has 0 spiro atoms. The van der Waals surface area contributed by atoms with E-state index in [-0.39, 0.29) is 0 Å². The van der Waals surface area contributed by atoms with E-state index in [2.05, 4.69) is 239 Å². The largest absolute Gasteiger partial charge is 0.313 e. The standard InChI is InChI=1S/C53H38N4/c1-5-16-39(17-6-1)40-28-30-42(31-29-40)55-38-51(49-27-15-19-41-18-13-14-26-48(41)49)50-36-37-54-53(52(50)55)57(45-24-11-4-12-25-45)47-34-32-46(33-35-47)56(43-20-7-2-8-21-43)44-22-9-3-10-23-44/h1-38H. The van der Waals surface area contributed by atoms with Crippen LogP contribution in [0.3, 0.4) is 0 Å². The van der Waals surface area contributed by atoms with Gasteiger partial charge in [-0.05, 0) is 106 Å². The molecule has 0 aliphatic carbocycles. The summed E-state index contributed by atoms with van der Waals surface area (Å²) in [6.07, 6.45) is 4.24. The van der Waals surface area contributed by atoms with Crippen LogP contribution in [0.5, 0.6) is 0 Å². The van der Waals surface area contributed by atoms with E-state index >= 15 is 0 Å². The number of hydrogen-bond acceptors (Lipinski definition) is 3. The van der Waals surface area contributed by atoms with Crippen molar-refractivity contribution in [3.05, 3.63) is 231 Å². The number of pyridine rings is 1. The van der Waals surface area contributed by atoms with Crippen molar-refractivity contribution < 1.29 is 0 Å². The molecule has 4 heteroatoms. The van der Waals surface area contributed by atoms with E-state index in [1.54, 1.807) is 0 Å². The summed E-state index contributed by atoms with van der Waals surface area (Å²) < 4.78 is 2.32. The van der Waals surface area contributed by atoms with Crippen molar-refractivity contribution >= 4 is 55.9 Å². The van der Waals surface area contributed by atoms with Gasteiger partial charge < -0.3 is 9.47 Å². The molecule has 0 saturated carbocycles. The molecule has 2 heterocycles. The average molecular weight is 731 g/mol. The number of nitrogens with zero attached hydrogens (tertiary/aromatic N) is 4. The van der Waals surface area contributed by atoms with E-state index in [4.69, 9.17) is 4.98 Å². The average Bonchev–Trinajstić information content (AvgIpc) is 3.69. The quantitative estimate of drug-likeness (QED) is 0.148. The lowest BCUT2D eigenvalue weighted by atomic mass is 9.98. The monoisotopic (exact) mass is 730 g/mol. The van der Waals surface area contributed by atoms with Gasteiger partial charge in [-0.1, -0.05) is 140 Å². The highest BCUT2D eigenvalue weighted by molar-refractivity contribution is 6.09. The molecule has 0 bridgehead atoms. The number of aromatic nitrogens is 2. The van der Waals surface area contributed by atoms with Gasteiger partial charge in [-0.3, -0.25) is 4.90 Å². The molecular weight excluding hydrogens is 693 g/mol. The highest BCUT2D eigenvalue weighted by Crippen LogP contribution is 2.44. The summed E-state index contributed by atoms with van der Waals surface area (Å²) in [5.74, 6) is 0.841. The molecule has 10 aromatic rings. The SMILES string of the molecule is c1ccc(-c2ccc(-n3cc(-c4cccc5ccccc45)c4ccnc(N(c5ccccc5)c5ccc(N(c6ccccc6)c6ccccc6)cc5)c43)cc2)cc1. The fraction of sp³-hybridized carbons (Fsp3) is 0. The third-order valence-corrected chi connectivity index (χ3v) is 10.6. The van der Waals surface area contributed by atoms with Gasteiger partial charge in [-0.2, -0.15) is 0 Å². The van der Waals surface area contributed by atoms with Gasteiger partial charge in [0.15, 0.2) is 5.82 Å². The minimum absolute atomic E-state index is 0.841. The molecule has 0 atom stereocenters. The first-order valence-corrected chi connectivity index (χ1v) is 19.3. The van der Waals surface area contributed by atoms with Crippen molar-refractivity contribution in [1.29, 1.82) is 0 Å². The zero-order valence-corrected chi connectivity index (χ0v) is 31.2. The van der Waals surface area contributed by atoms with Crippen LogP contribution >= 0.6 is 0 Å². The molecule has 0 aliphatic rings. The Labute approximate surface area is 332 Å². The van der Waals surface area contributed by atoms with Crippen LogP contribution in [-0.4, -0.2) is 9.55 Å². The second-order valence-corrected chi connectivity index (χ2v) is 14.1. The highest BCUT2D eigenvalue weighted by atomic mass is 15.2. The molecular formula is C53H38N4. The lowest BCUT2D eigenvalue weighted by Gasteiger charge is -2.28. The highest BCUT2D eigenvalue weighted by Gasteiger charge is 2.23. The third kappa shape index (κ3) is 6.39. The summed E-state index contributed by atoms with van der Waals surface area (Å²) >= 11 is 0. The molecule has 0 amide bonds. The number of rotatable bonds is 9. The Kier molecular flexibility index (Phi) is 8.82. The van der Waals surface area contributed by atoms with E-state index in [1.807, 2.05) is 6.20 Å². The summed E-state index contributed by atoms with van der Waals surface area (Å²) in [5, 5.41) is 3.55. The second-order valence-electron chi connectivity index (χ2n) is 14.1. The predicted molar refractivity (Wildman–Crippen MR) is 239 cm³/mol. The second kappa shape index (κ2) is 14.9. The molecule has 0 aliphatic heterocycles. The van der Waals surface area contributed by atoms with Gasteiger partial charge in [-0.25, -0.2) is 4.98 Å². The summed E-state index contributed by atoms with van der Waals surface area (Å²) in [7, 11) is 0. The Morgan fingerprint density at radius 1 is 0.351 bits per heavy atom. The number of anilines is 6. The molecule has 2 aromatic heterocycles. The summed E-state index contributed by atoms with van der Waals surface area (Å²) in [5.41, 5.74) is 12.1. The maximum atomic E-state index is 5.23. The minimum Gasteiger partial charge on any atom is -0.313 e. The van der Waals surface area contributed by atoms with Gasteiger partial charge in [0.25, 0.3) is 0 Å². The van der Waals surface area contributed by atoms with Crippen LogP contribution in [0.1, 0.15) is 0 Å². The molecule has 4 nitrogen and oxygen atoms in total. The number of fused-ring (bicyclic) bond motifs is 2. The van der Waals surface area contributed by atoms with Crippen LogP contribution < -0.4 is 9.80 Å². The molecule has 0 radical (unpaired) electrons. The van der Waals surface area contributed by atoms with Gasteiger partial charge in [0.05, 0.1) is 5.52 Å². The predicted octanol–water partition coefficient (Wildman–Crippen LogP) is 14.5. The van der Waals surface area contributed by atoms with Crippen molar-refractivity contribution in [2.45, 2.75) is 0 Å². The Morgan fingerprint density at radius 2 is 0.842 bits per heavy atom. The van der Waals surface area contributed by atoms with Gasteiger partial charge in [-0.15, -0.1) is 0 Å². The Bertz CT molecular complexity index is 2880. The zero-order chi connectivity index (χ0) is 38.0. The van der Waals surface area contributed by atoms with Crippen LogP contribution in [-0.2, 0) is 0 Å².